The van der Waals surface area contributed by atoms with Gasteiger partial charge in [0.1, 0.15) is 5.67 Å². The van der Waals surface area contributed by atoms with Crippen molar-refractivity contribution < 1.29 is 13.3 Å². The molecule has 0 aromatic rings. The van der Waals surface area contributed by atoms with Crippen LogP contribution in [0.2, 0.25) is 0 Å². The Morgan fingerprint density at radius 1 is 1.27 bits per heavy atom. The first-order valence-corrected chi connectivity index (χ1v) is 6.70. The van der Waals surface area contributed by atoms with Gasteiger partial charge in [-0.25, -0.2) is 0 Å². The highest BCUT2D eigenvalue weighted by atomic mass is 28.4. The van der Waals surface area contributed by atoms with E-state index in [0.29, 0.717) is 0 Å². The predicted octanol–water partition coefficient (Wildman–Crippen LogP) is 2.27. The molecule has 0 aliphatic carbocycles. The molecule has 0 saturated heterocycles. The summed E-state index contributed by atoms with van der Waals surface area (Å²) < 4.78 is 15.8. The van der Waals surface area contributed by atoms with Crippen LogP contribution in [0.15, 0.2) is 5.11 Å². The largest absolute Gasteiger partial charge is 0.509 e. The first kappa shape index (κ1) is 14.4. The smallest absolute Gasteiger partial charge is 0.377 e. The van der Waals surface area contributed by atoms with Gasteiger partial charge in [0.2, 0.25) is 0 Å². The molecular formula is C8H19N3O3Si. The van der Waals surface area contributed by atoms with Gasteiger partial charge < -0.3 is 13.3 Å². The number of azide groups is 1. The summed E-state index contributed by atoms with van der Waals surface area (Å²) in [7, 11) is 1.73. The zero-order valence-electron chi connectivity index (χ0n) is 9.77. The van der Waals surface area contributed by atoms with Crippen LogP contribution >= 0.6 is 0 Å². The summed E-state index contributed by atoms with van der Waals surface area (Å²) in [5, 5.41) is 3.71. The second kappa shape index (κ2) is 7.67. The summed E-state index contributed by atoms with van der Waals surface area (Å²) >= 11 is 0. The van der Waals surface area contributed by atoms with Gasteiger partial charge in [-0.15, -0.1) is 0 Å². The molecule has 0 saturated carbocycles. The first-order chi connectivity index (χ1) is 7.20. The molecule has 6 nitrogen and oxygen atoms in total. The van der Waals surface area contributed by atoms with Gasteiger partial charge in [0.25, 0.3) is 0 Å². The van der Waals surface area contributed by atoms with Crippen molar-refractivity contribution in [2.75, 3.05) is 21.3 Å². The van der Waals surface area contributed by atoms with E-state index in [-0.39, 0.29) is 5.67 Å². The molecule has 0 spiro atoms. The van der Waals surface area contributed by atoms with Crippen molar-refractivity contribution in [3.63, 3.8) is 0 Å². The molecule has 0 radical (unpaired) electrons. The van der Waals surface area contributed by atoms with Crippen molar-refractivity contribution in [1.29, 1.82) is 0 Å². The molecule has 1 atom stereocenters. The Hall–Kier alpha value is -0.593. The standard InChI is InChI=1S/C8H19N3O3Si/c1-5-6-7-8(10-11-9)15(12-2,13-3)14-4/h8H,5-7H2,1-4H3. The van der Waals surface area contributed by atoms with Crippen LogP contribution in [0, 0.1) is 0 Å². The zero-order valence-corrected chi connectivity index (χ0v) is 10.8. The van der Waals surface area contributed by atoms with E-state index in [9.17, 15) is 0 Å². The summed E-state index contributed by atoms with van der Waals surface area (Å²) in [6, 6.07) is 0. The second-order valence-corrected chi connectivity index (χ2v) is 6.18. The molecule has 0 rings (SSSR count). The Morgan fingerprint density at radius 2 is 1.80 bits per heavy atom. The average molecular weight is 233 g/mol. The molecule has 7 heteroatoms. The van der Waals surface area contributed by atoms with E-state index in [2.05, 4.69) is 16.9 Å². The summed E-state index contributed by atoms with van der Waals surface area (Å²) in [4.78, 5) is 2.82. The number of hydrogen-bond donors (Lipinski definition) is 0. The maximum absolute atomic E-state index is 8.50. The molecule has 0 amide bonds. The fourth-order valence-corrected chi connectivity index (χ4v) is 3.49. The molecule has 0 heterocycles. The van der Waals surface area contributed by atoms with Crippen molar-refractivity contribution in [2.45, 2.75) is 31.9 Å². The highest BCUT2D eigenvalue weighted by Crippen LogP contribution is 2.20. The van der Waals surface area contributed by atoms with E-state index in [1.165, 1.54) is 21.3 Å². The predicted molar refractivity (Wildman–Crippen MR) is 59.2 cm³/mol. The first-order valence-electron chi connectivity index (χ1n) is 4.90. The fourth-order valence-electron chi connectivity index (χ4n) is 1.42. The maximum Gasteiger partial charge on any atom is 0.509 e. The van der Waals surface area contributed by atoms with Crippen LogP contribution in [0.25, 0.3) is 10.4 Å². The lowest BCUT2D eigenvalue weighted by molar-refractivity contribution is 0.111. The fraction of sp³-hybridized carbons (Fsp3) is 1.00. The lowest BCUT2D eigenvalue weighted by atomic mass is 10.2. The van der Waals surface area contributed by atoms with Gasteiger partial charge >= 0.3 is 8.80 Å². The third-order valence-electron chi connectivity index (χ3n) is 2.28. The maximum atomic E-state index is 8.50. The molecule has 15 heavy (non-hydrogen) atoms. The number of rotatable bonds is 8. The van der Waals surface area contributed by atoms with E-state index in [1.54, 1.807) is 0 Å². The van der Waals surface area contributed by atoms with Gasteiger partial charge in [0.05, 0.1) is 0 Å². The minimum Gasteiger partial charge on any atom is -0.377 e. The van der Waals surface area contributed by atoms with Crippen LogP contribution in [0.1, 0.15) is 26.2 Å². The van der Waals surface area contributed by atoms with Crippen LogP contribution in [0.4, 0.5) is 0 Å². The van der Waals surface area contributed by atoms with Gasteiger partial charge in [-0.2, -0.15) is 0 Å². The van der Waals surface area contributed by atoms with Crippen molar-refractivity contribution in [1.82, 2.24) is 0 Å². The van der Waals surface area contributed by atoms with Gasteiger partial charge in [-0.1, -0.05) is 24.9 Å². The van der Waals surface area contributed by atoms with Crippen molar-refractivity contribution in [2.24, 2.45) is 5.11 Å². The number of hydrogen-bond acceptors (Lipinski definition) is 4. The van der Waals surface area contributed by atoms with Crippen LogP contribution in [0.3, 0.4) is 0 Å². The minimum atomic E-state index is -2.83. The van der Waals surface area contributed by atoms with Crippen LogP contribution in [-0.4, -0.2) is 35.8 Å². The Labute approximate surface area is 91.5 Å². The Morgan fingerprint density at radius 3 is 2.13 bits per heavy atom. The lowest BCUT2D eigenvalue weighted by Crippen LogP contribution is -2.53. The van der Waals surface area contributed by atoms with E-state index >= 15 is 0 Å². The Balaban J connectivity index is 4.73. The third kappa shape index (κ3) is 3.81. The minimum absolute atomic E-state index is 0.345. The SMILES string of the molecule is CCCCC(N=[N+]=[N-])[Si](OC)(OC)OC. The third-order valence-corrected chi connectivity index (χ3v) is 5.21. The molecule has 88 valence electrons. The molecule has 0 fully saturated rings. The highest BCUT2D eigenvalue weighted by Gasteiger charge is 2.46. The molecule has 1 unspecified atom stereocenters. The van der Waals surface area contributed by atoms with Crippen molar-refractivity contribution in [3.8, 4) is 0 Å². The summed E-state index contributed by atoms with van der Waals surface area (Å²) in [6.45, 7) is 2.07. The molecular weight excluding hydrogens is 214 g/mol. The van der Waals surface area contributed by atoms with Crippen LogP contribution in [0.5, 0.6) is 0 Å². The van der Waals surface area contributed by atoms with Crippen molar-refractivity contribution >= 4 is 8.80 Å². The summed E-state index contributed by atoms with van der Waals surface area (Å²) in [5.74, 6) is 0. The van der Waals surface area contributed by atoms with Gasteiger partial charge in [0, 0.05) is 26.2 Å². The molecule has 0 N–H and O–H groups in total. The topological polar surface area (TPSA) is 76.5 Å². The van der Waals surface area contributed by atoms with Crippen molar-refractivity contribution in [3.05, 3.63) is 10.4 Å². The lowest BCUT2D eigenvalue weighted by Gasteiger charge is -2.29. The molecule has 0 bridgehead atoms. The monoisotopic (exact) mass is 233 g/mol. The van der Waals surface area contributed by atoms with E-state index in [4.69, 9.17) is 18.8 Å². The summed E-state index contributed by atoms with van der Waals surface area (Å²) in [5.41, 5.74) is 8.15. The Bertz CT molecular complexity index is 209. The zero-order chi connectivity index (χ0) is 11.7. The molecule has 0 aliphatic rings. The van der Waals surface area contributed by atoms with Gasteiger partial charge in [-0.05, 0) is 12.0 Å². The van der Waals surface area contributed by atoms with Crippen LogP contribution < -0.4 is 0 Å². The molecule has 0 aromatic heterocycles. The highest BCUT2D eigenvalue weighted by molar-refractivity contribution is 6.62. The van der Waals surface area contributed by atoms with Crippen LogP contribution in [-0.2, 0) is 13.3 Å². The average Bonchev–Trinajstić information content (AvgIpc) is 2.28. The van der Waals surface area contributed by atoms with E-state index < -0.39 is 8.80 Å². The normalized spacial score (nSPS) is 13.3. The number of nitrogens with zero attached hydrogens (tertiary/aromatic N) is 3. The quantitative estimate of drug-likeness (QED) is 0.279. The molecule has 0 aromatic carbocycles. The second-order valence-electron chi connectivity index (χ2n) is 3.08. The number of unbranched alkanes of at least 4 members (excludes halogenated alkanes) is 1. The van der Waals surface area contributed by atoms with Gasteiger partial charge in [0.15, 0.2) is 0 Å². The van der Waals surface area contributed by atoms with Gasteiger partial charge in [-0.3, -0.25) is 0 Å². The van der Waals surface area contributed by atoms with E-state index in [0.717, 1.165) is 19.3 Å². The van der Waals surface area contributed by atoms with E-state index in [1.807, 2.05) is 0 Å². The summed E-state index contributed by atoms with van der Waals surface area (Å²) in [6.07, 6.45) is 2.70. The molecule has 0 aliphatic heterocycles. The Kier molecular flexibility index (Phi) is 7.36.